The summed E-state index contributed by atoms with van der Waals surface area (Å²) in [5.74, 6) is 2.55. The normalized spacial score (nSPS) is 18.1. The third-order valence-corrected chi connectivity index (χ3v) is 5.61. The molecule has 0 saturated carbocycles. The third-order valence-electron chi connectivity index (χ3n) is 4.42. The number of amides is 1. The van der Waals surface area contributed by atoms with Crippen LogP contribution in [-0.4, -0.2) is 73.6 Å². The molecule has 0 atom stereocenters. The lowest BCUT2D eigenvalue weighted by molar-refractivity contribution is 0.0240. The van der Waals surface area contributed by atoms with Crippen LogP contribution in [0.3, 0.4) is 0 Å². The van der Waals surface area contributed by atoms with Gasteiger partial charge in [0, 0.05) is 26.2 Å². The summed E-state index contributed by atoms with van der Waals surface area (Å²) in [6.45, 7) is 8.33. The summed E-state index contributed by atoms with van der Waals surface area (Å²) in [6, 6.07) is 0. The molecule has 0 N–H and O–H groups in total. The van der Waals surface area contributed by atoms with Crippen molar-refractivity contribution >= 4 is 29.5 Å². The van der Waals surface area contributed by atoms with Crippen LogP contribution < -0.4 is 4.90 Å². The zero-order valence-electron chi connectivity index (χ0n) is 15.3. The molecule has 26 heavy (non-hydrogen) atoms. The van der Waals surface area contributed by atoms with Crippen LogP contribution in [0.1, 0.15) is 32.9 Å². The number of aryl methyl sites for hydroxylation is 1. The second kappa shape index (κ2) is 6.57. The quantitative estimate of drug-likeness (QED) is 0.741. The predicted molar refractivity (Wildman–Crippen MR) is 97.6 cm³/mol. The highest BCUT2D eigenvalue weighted by Gasteiger charge is 2.29. The highest BCUT2D eigenvalue weighted by Crippen LogP contribution is 2.37. The molecule has 0 unspecified atom stereocenters. The van der Waals surface area contributed by atoms with Crippen molar-refractivity contribution in [2.24, 2.45) is 0 Å². The lowest BCUT2D eigenvalue weighted by atomic mass is 10.2. The van der Waals surface area contributed by atoms with Crippen molar-refractivity contribution in [3.8, 4) is 0 Å². The average Bonchev–Trinajstić information content (AvgIpc) is 3.08. The first kappa shape index (κ1) is 17.3. The third kappa shape index (κ3) is 3.29. The largest absolute Gasteiger partial charge is 0.444 e. The maximum Gasteiger partial charge on any atom is 0.410 e. The minimum absolute atomic E-state index is 0.251. The smallest absolute Gasteiger partial charge is 0.410 e. The van der Waals surface area contributed by atoms with Crippen molar-refractivity contribution in [1.29, 1.82) is 0 Å². The van der Waals surface area contributed by atoms with Crippen molar-refractivity contribution in [1.82, 2.24) is 29.9 Å². The number of fused-ring (bicyclic) bond motifs is 3. The Labute approximate surface area is 156 Å². The van der Waals surface area contributed by atoms with E-state index in [0.717, 1.165) is 43.2 Å². The van der Waals surface area contributed by atoms with Crippen LogP contribution in [0, 0.1) is 0 Å². The molecule has 0 bridgehead atoms. The first-order valence-electron chi connectivity index (χ1n) is 8.89. The summed E-state index contributed by atoms with van der Waals surface area (Å²) < 4.78 is 7.23. The molecular weight excluding hydrogens is 354 g/mol. The molecule has 2 aliphatic heterocycles. The number of thioether (sulfide) groups is 1. The van der Waals surface area contributed by atoms with Gasteiger partial charge in [0.05, 0.1) is 10.6 Å². The van der Waals surface area contributed by atoms with Gasteiger partial charge < -0.3 is 14.5 Å². The summed E-state index contributed by atoms with van der Waals surface area (Å²) in [5.41, 5.74) is 0.665. The Bertz CT molecular complexity index is 824. The number of piperazine rings is 1. The van der Waals surface area contributed by atoms with E-state index < -0.39 is 5.60 Å². The summed E-state index contributed by atoms with van der Waals surface area (Å²) in [4.78, 5) is 22.1. The Balaban J connectivity index is 1.54. The number of rotatable bonds is 1. The first-order valence-corrected chi connectivity index (χ1v) is 9.87. The van der Waals surface area contributed by atoms with E-state index in [1.807, 2.05) is 32.5 Å². The van der Waals surface area contributed by atoms with Crippen LogP contribution in [0.2, 0.25) is 0 Å². The van der Waals surface area contributed by atoms with Crippen LogP contribution in [0.4, 0.5) is 10.6 Å². The summed E-state index contributed by atoms with van der Waals surface area (Å²) >= 11 is 1.82. The molecular formula is C16H23N7O2S. The minimum atomic E-state index is -0.475. The van der Waals surface area contributed by atoms with Crippen molar-refractivity contribution in [2.75, 3.05) is 36.8 Å². The fraction of sp³-hybridized carbons (Fsp3) is 0.688. The van der Waals surface area contributed by atoms with E-state index in [2.05, 4.69) is 20.4 Å². The number of anilines is 1. The number of tetrazole rings is 1. The number of ether oxygens (including phenoxy) is 1. The molecule has 9 nitrogen and oxygen atoms in total. The van der Waals surface area contributed by atoms with Crippen LogP contribution in [0.5, 0.6) is 0 Å². The van der Waals surface area contributed by atoms with E-state index in [1.165, 1.54) is 4.90 Å². The minimum Gasteiger partial charge on any atom is -0.444 e. The van der Waals surface area contributed by atoms with Gasteiger partial charge in [-0.15, -0.1) is 11.8 Å². The molecule has 10 heteroatoms. The Morgan fingerprint density at radius 1 is 1.19 bits per heavy atom. The molecule has 2 aromatic rings. The van der Waals surface area contributed by atoms with Crippen LogP contribution in [0.25, 0.3) is 5.78 Å². The number of nitrogens with zero attached hydrogens (tertiary/aromatic N) is 7. The van der Waals surface area contributed by atoms with Crippen molar-refractivity contribution in [2.45, 2.75) is 44.1 Å². The molecule has 1 fully saturated rings. The molecule has 1 amide bonds. The standard InChI is InChI=1S/C16H23N7O2S/c1-16(2,3)25-15(24)22-8-6-21(7-9-22)13-12-11(5-4-10-26-12)23-14(17-13)18-19-20-23/h4-10H2,1-3H3. The molecule has 0 aliphatic carbocycles. The summed E-state index contributed by atoms with van der Waals surface area (Å²) in [5, 5.41) is 11.9. The van der Waals surface area contributed by atoms with Crippen molar-refractivity contribution < 1.29 is 9.53 Å². The Kier molecular flexibility index (Phi) is 4.37. The van der Waals surface area contributed by atoms with Gasteiger partial charge in [-0.1, -0.05) is 5.10 Å². The molecule has 2 aliphatic rings. The van der Waals surface area contributed by atoms with Gasteiger partial charge in [-0.05, 0) is 49.8 Å². The number of carbonyl (C=O) groups is 1. The maximum atomic E-state index is 12.3. The molecule has 0 radical (unpaired) electrons. The van der Waals surface area contributed by atoms with Gasteiger partial charge in [-0.25, -0.2) is 4.79 Å². The van der Waals surface area contributed by atoms with E-state index in [9.17, 15) is 4.79 Å². The summed E-state index contributed by atoms with van der Waals surface area (Å²) in [7, 11) is 0. The fourth-order valence-electron chi connectivity index (χ4n) is 3.22. The Hall–Kier alpha value is -2.10. The lowest BCUT2D eigenvalue weighted by Gasteiger charge is -2.37. The number of hydrogen-bond donors (Lipinski definition) is 0. The Morgan fingerprint density at radius 2 is 1.96 bits per heavy atom. The van der Waals surface area contributed by atoms with Crippen molar-refractivity contribution in [3.63, 3.8) is 0 Å². The molecule has 0 spiro atoms. The van der Waals surface area contributed by atoms with Crippen LogP contribution in [0.15, 0.2) is 4.90 Å². The molecule has 4 rings (SSSR count). The molecule has 2 aromatic heterocycles. The van der Waals surface area contributed by atoms with E-state index in [-0.39, 0.29) is 6.09 Å². The zero-order chi connectivity index (χ0) is 18.3. The maximum absolute atomic E-state index is 12.3. The number of aromatic nitrogens is 5. The van der Waals surface area contributed by atoms with Crippen molar-refractivity contribution in [3.05, 3.63) is 5.69 Å². The SMILES string of the molecule is CC(C)(C)OC(=O)N1CCN(c2nc3nnnn3c3c2SCCC3)CC1. The predicted octanol–water partition coefficient (Wildman–Crippen LogP) is 1.61. The van der Waals surface area contributed by atoms with Crippen LogP contribution >= 0.6 is 11.8 Å². The number of carbonyl (C=O) groups excluding carboxylic acids is 1. The van der Waals surface area contributed by atoms with Gasteiger partial charge in [-0.3, -0.25) is 0 Å². The second-order valence-electron chi connectivity index (χ2n) is 7.51. The van der Waals surface area contributed by atoms with E-state index in [0.29, 0.717) is 18.9 Å². The van der Waals surface area contributed by atoms with Gasteiger partial charge in [0.1, 0.15) is 11.4 Å². The molecule has 140 valence electrons. The van der Waals surface area contributed by atoms with E-state index in [1.54, 1.807) is 9.42 Å². The Morgan fingerprint density at radius 3 is 2.69 bits per heavy atom. The van der Waals surface area contributed by atoms with Crippen LogP contribution in [-0.2, 0) is 11.2 Å². The molecule has 4 heterocycles. The monoisotopic (exact) mass is 377 g/mol. The van der Waals surface area contributed by atoms with Gasteiger partial charge in [-0.2, -0.15) is 9.50 Å². The topological polar surface area (TPSA) is 88.8 Å². The summed E-state index contributed by atoms with van der Waals surface area (Å²) in [6.07, 6.45) is 1.82. The lowest BCUT2D eigenvalue weighted by Crippen LogP contribution is -2.50. The average molecular weight is 377 g/mol. The van der Waals surface area contributed by atoms with Gasteiger partial charge in [0.25, 0.3) is 5.78 Å². The molecule has 1 saturated heterocycles. The van der Waals surface area contributed by atoms with Gasteiger partial charge >= 0.3 is 6.09 Å². The van der Waals surface area contributed by atoms with Gasteiger partial charge in [0.2, 0.25) is 0 Å². The zero-order valence-corrected chi connectivity index (χ0v) is 16.1. The molecule has 0 aromatic carbocycles. The second-order valence-corrected chi connectivity index (χ2v) is 8.61. The fourth-order valence-corrected chi connectivity index (χ4v) is 4.37. The van der Waals surface area contributed by atoms with E-state index in [4.69, 9.17) is 9.72 Å². The highest BCUT2D eigenvalue weighted by atomic mass is 32.2. The first-order chi connectivity index (χ1) is 12.4. The van der Waals surface area contributed by atoms with Gasteiger partial charge in [0.15, 0.2) is 0 Å². The highest BCUT2D eigenvalue weighted by molar-refractivity contribution is 7.99. The number of hydrogen-bond acceptors (Lipinski definition) is 8. The van der Waals surface area contributed by atoms with E-state index >= 15 is 0 Å².